The van der Waals surface area contributed by atoms with Crippen molar-refractivity contribution < 1.29 is 9.53 Å². The van der Waals surface area contributed by atoms with Gasteiger partial charge in [-0.1, -0.05) is 24.3 Å². The van der Waals surface area contributed by atoms with E-state index >= 15 is 0 Å². The lowest BCUT2D eigenvalue weighted by molar-refractivity contribution is -0.0114. The molecule has 0 N–H and O–H groups in total. The van der Waals surface area contributed by atoms with Crippen LogP contribution in [0, 0.1) is 6.92 Å². The molecular weight excluding hydrogens is 328 g/mol. The predicted octanol–water partition coefficient (Wildman–Crippen LogP) is 2.87. The lowest BCUT2D eigenvalue weighted by Crippen LogP contribution is -2.50. The van der Waals surface area contributed by atoms with Gasteiger partial charge in [-0.15, -0.1) is 0 Å². The van der Waals surface area contributed by atoms with Crippen LogP contribution in [0.25, 0.3) is 11.4 Å². The van der Waals surface area contributed by atoms with Crippen LogP contribution in [0.5, 0.6) is 0 Å². The summed E-state index contributed by atoms with van der Waals surface area (Å²) >= 11 is 0. The van der Waals surface area contributed by atoms with Gasteiger partial charge in [-0.2, -0.15) is 0 Å². The topological polar surface area (TPSA) is 58.6 Å². The monoisotopic (exact) mass is 352 g/mol. The molecule has 2 aromatic rings. The third-order valence-corrected chi connectivity index (χ3v) is 5.26. The molecule has 1 amide bonds. The molecule has 0 bridgehead atoms. The third kappa shape index (κ3) is 3.29. The number of carbonyl (C=O) groups is 1. The van der Waals surface area contributed by atoms with E-state index in [0.29, 0.717) is 6.54 Å². The molecule has 6 nitrogen and oxygen atoms in total. The van der Waals surface area contributed by atoms with E-state index in [1.807, 2.05) is 30.6 Å². The molecule has 1 atom stereocenters. The number of benzene rings is 1. The number of nitrogens with zero attached hydrogens (tertiary/aromatic N) is 4. The third-order valence-electron chi connectivity index (χ3n) is 5.26. The predicted molar refractivity (Wildman–Crippen MR) is 98.6 cm³/mol. The summed E-state index contributed by atoms with van der Waals surface area (Å²) in [5, 5.41) is 0. The number of carbonyl (C=O) groups excluding carboxylic acids is 1. The molecule has 0 unspecified atom stereocenters. The number of amides is 1. The van der Waals surface area contributed by atoms with Gasteiger partial charge in [0.05, 0.1) is 6.54 Å². The van der Waals surface area contributed by atoms with Crippen molar-refractivity contribution in [2.45, 2.75) is 31.9 Å². The summed E-state index contributed by atoms with van der Waals surface area (Å²) in [6, 6.07) is 8.14. The lowest BCUT2D eigenvalue weighted by Gasteiger charge is -2.38. The number of hydrogen-bond donors (Lipinski definition) is 0. The highest BCUT2D eigenvalue weighted by Gasteiger charge is 2.46. The molecule has 3 heterocycles. The minimum Gasteiger partial charge on any atom is -0.440 e. The fourth-order valence-electron chi connectivity index (χ4n) is 3.99. The van der Waals surface area contributed by atoms with Gasteiger partial charge in [0.15, 0.2) is 5.82 Å². The highest BCUT2D eigenvalue weighted by Crippen LogP contribution is 2.32. The van der Waals surface area contributed by atoms with Gasteiger partial charge in [-0.05, 0) is 31.9 Å². The van der Waals surface area contributed by atoms with Crippen molar-refractivity contribution in [3.63, 3.8) is 0 Å². The number of aryl methyl sites for hydroxylation is 1. The van der Waals surface area contributed by atoms with Crippen LogP contribution >= 0.6 is 0 Å². The van der Waals surface area contributed by atoms with E-state index in [-0.39, 0.29) is 11.7 Å². The van der Waals surface area contributed by atoms with E-state index in [0.717, 1.165) is 49.4 Å². The standard InChI is InChI=1S/C20H24N4O2/c1-15-6-3-4-7-17(15)18-21-10-16(11-22-18)12-24-9-5-8-20(14-24)13-23(2)19(25)26-20/h3-4,6-7,10-11H,5,8-9,12-14H2,1-2H3/t20-/m0/s1. The quantitative estimate of drug-likeness (QED) is 0.850. The summed E-state index contributed by atoms with van der Waals surface area (Å²) in [4.78, 5) is 24.9. The van der Waals surface area contributed by atoms with Crippen LogP contribution in [-0.2, 0) is 11.3 Å². The average molecular weight is 352 g/mol. The SMILES string of the molecule is Cc1ccccc1-c1ncc(CN2CCC[C@@]3(C2)CN(C)C(=O)O3)cn1. The summed E-state index contributed by atoms with van der Waals surface area (Å²) in [5.74, 6) is 0.758. The van der Waals surface area contributed by atoms with E-state index in [2.05, 4.69) is 27.9 Å². The molecule has 1 aromatic carbocycles. The van der Waals surface area contributed by atoms with Gasteiger partial charge in [0.25, 0.3) is 0 Å². The molecule has 2 fully saturated rings. The number of rotatable bonds is 3. The largest absolute Gasteiger partial charge is 0.440 e. The molecule has 2 aliphatic heterocycles. The van der Waals surface area contributed by atoms with Crippen molar-refractivity contribution in [1.29, 1.82) is 0 Å². The Morgan fingerprint density at radius 3 is 2.65 bits per heavy atom. The fraction of sp³-hybridized carbons (Fsp3) is 0.450. The average Bonchev–Trinajstić information content (AvgIpc) is 2.89. The second kappa shape index (κ2) is 6.68. The van der Waals surface area contributed by atoms with Crippen molar-refractivity contribution in [1.82, 2.24) is 19.8 Å². The first-order valence-electron chi connectivity index (χ1n) is 9.08. The normalized spacial score (nSPS) is 23.5. The van der Waals surface area contributed by atoms with E-state index in [9.17, 15) is 4.79 Å². The number of likely N-dealkylation sites (N-methyl/N-ethyl adjacent to an activating group) is 1. The minimum absolute atomic E-state index is 0.210. The van der Waals surface area contributed by atoms with Gasteiger partial charge in [0, 0.05) is 43.7 Å². The Labute approximate surface area is 153 Å². The van der Waals surface area contributed by atoms with Gasteiger partial charge < -0.3 is 9.64 Å². The second-order valence-electron chi connectivity index (χ2n) is 7.45. The molecule has 26 heavy (non-hydrogen) atoms. The zero-order valence-corrected chi connectivity index (χ0v) is 15.3. The molecule has 4 rings (SSSR count). The molecule has 1 spiro atoms. The summed E-state index contributed by atoms with van der Waals surface area (Å²) in [7, 11) is 1.80. The van der Waals surface area contributed by atoms with E-state index in [1.165, 1.54) is 5.56 Å². The number of hydrogen-bond acceptors (Lipinski definition) is 5. The Balaban J connectivity index is 1.44. The Kier molecular flexibility index (Phi) is 4.36. The zero-order chi connectivity index (χ0) is 18.1. The number of likely N-dealkylation sites (tertiary alicyclic amines) is 1. The van der Waals surface area contributed by atoms with Crippen molar-refractivity contribution >= 4 is 6.09 Å². The van der Waals surface area contributed by atoms with Gasteiger partial charge in [-0.3, -0.25) is 4.90 Å². The van der Waals surface area contributed by atoms with Crippen LogP contribution in [0.2, 0.25) is 0 Å². The summed E-state index contributed by atoms with van der Waals surface area (Å²) in [5.41, 5.74) is 2.96. The Morgan fingerprint density at radius 2 is 1.96 bits per heavy atom. The smallest absolute Gasteiger partial charge is 0.410 e. The van der Waals surface area contributed by atoms with Gasteiger partial charge >= 0.3 is 6.09 Å². The minimum atomic E-state index is -0.355. The fourth-order valence-corrected chi connectivity index (χ4v) is 3.99. The maximum atomic E-state index is 11.8. The molecular formula is C20H24N4O2. The Hall–Kier alpha value is -2.47. The highest BCUT2D eigenvalue weighted by atomic mass is 16.6. The molecule has 0 saturated carbocycles. The summed E-state index contributed by atoms with van der Waals surface area (Å²) in [6.45, 7) is 5.28. The van der Waals surface area contributed by atoms with Crippen molar-refractivity contribution in [3.8, 4) is 11.4 Å². The second-order valence-corrected chi connectivity index (χ2v) is 7.45. The van der Waals surface area contributed by atoms with E-state index in [4.69, 9.17) is 4.74 Å². The van der Waals surface area contributed by atoms with Crippen LogP contribution in [-0.4, -0.2) is 58.1 Å². The van der Waals surface area contributed by atoms with Crippen LogP contribution < -0.4 is 0 Å². The van der Waals surface area contributed by atoms with Crippen LogP contribution in [0.3, 0.4) is 0 Å². The first-order valence-corrected chi connectivity index (χ1v) is 9.08. The number of ether oxygens (including phenoxy) is 1. The molecule has 2 aliphatic rings. The molecule has 6 heteroatoms. The van der Waals surface area contributed by atoms with E-state index < -0.39 is 0 Å². The van der Waals surface area contributed by atoms with Crippen molar-refractivity contribution in [2.75, 3.05) is 26.7 Å². The lowest BCUT2D eigenvalue weighted by atomic mass is 9.92. The maximum absolute atomic E-state index is 11.8. The van der Waals surface area contributed by atoms with Crippen molar-refractivity contribution in [2.24, 2.45) is 0 Å². The van der Waals surface area contributed by atoms with Crippen molar-refractivity contribution in [3.05, 3.63) is 47.8 Å². The molecule has 1 aromatic heterocycles. The Morgan fingerprint density at radius 1 is 1.19 bits per heavy atom. The first kappa shape index (κ1) is 17.0. The number of piperidine rings is 1. The van der Waals surface area contributed by atoms with Gasteiger partial charge in [-0.25, -0.2) is 14.8 Å². The Bertz CT molecular complexity index is 808. The van der Waals surface area contributed by atoms with Crippen LogP contribution in [0.1, 0.15) is 24.0 Å². The summed E-state index contributed by atoms with van der Waals surface area (Å²) in [6.07, 6.45) is 5.56. The molecule has 2 saturated heterocycles. The van der Waals surface area contributed by atoms with Gasteiger partial charge in [0.2, 0.25) is 0 Å². The number of aromatic nitrogens is 2. The first-order chi connectivity index (χ1) is 12.5. The van der Waals surface area contributed by atoms with Crippen LogP contribution in [0.4, 0.5) is 4.79 Å². The highest BCUT2D eigenvalue weighted by molar-refractivity contribution is 5.70. The van der Waals surface area contributed by atoms with Crippen LogP contribution in [0.15, 0.2) is 36.7 Å². The summed E-state index contributed by atoms with van der Waals surface area (Å²) < 4.78 is 5.67. The zero-order valence-electron chi connectivity index (χ0n) is 15.3. The molecule has 136 valence electrons. The maximum Gasteiger partial charge on any atom is 0.410 e. The molecule has 0 aliphatic carbocycles. The van der Waals surface area contributed by atoms with E-state index in [1.54, 1.807) is 11.9 Å². The van der Waals surface area contributed by atoms with Gasteiger partial charge in [0.1, 0.15) is 5.60 Å². The molecule has 0 radical (unpaired) electrons.